The Balaban J connectivity index is 2.45. The number of carbonyl (C=O) groups is 1. The van der Waals surface area contributed by atoms with Gasteiger partial charge in [-0.25, -0.2) is 0 Å². The summed E-state index contributed by atoms with van der Waals surface area (Å²) in [5.41, 5.74) is 0. The van der Waals surface area contributed by atoms with Crippen molar-refractivity contribution in [3.05, 3.63) is 22.2 Å². The van der Waals surface area contributed by atoms with Crippen LogP contribution in [0.15, 0.2) is 12.1 Å². The average Bonchev–Trinajstić information content (AvgIpc) is 2.55. The Labute approximate surface area is 133 Å². The molecular formula is C10H6Cl5NO3. The van der Waals surface area contributed by atoms with E-state index >= 15 is 0 Å². The van der Waals surface area contributed by atoms with Gasteiger partial charge in [-0.05, 0) is 0 Å². The molecule has 0 aromatic heterocycles. The normalized spacial score (nSPS) is 16.3. The van der Waals surface area contributed by atoms with E-state index in [1.54, 1.807) is 0 Å². The number of fused-ring (bicyclic) bond motifs is 1. The van der Waals surface area contributed by atoms with Gasteiger partial charge in [0.2, 0.25) is 5.91 Å². The molecule has 0 atom stereocenters. The summed E-state index contributed by atoms with van der Waals surface area (Å²) in [6, 6.07) is 2.80. The van der Waals surface area contributed by atoms with E-state index in [-0.39, 0.29) is 21.5 Å². The van der Waals surface area contributed by atoms with Crippen LogP contribution in [0.3, 0.4) is 0 Å². The Bertz CT molecular complexity index is 512. The second kappa shape index (κ2) is 4.93. The standard InChI is InChI=1S/C10H6Cl5NO3/c1-4(17)16-10(9(13,14)15)18-7-2-5(11)6(12)3-8(7)19-10/h2-3H,1H3,(H,16,17). The summed E-state index contributed by atoms with van der Waals surface area (Å²) in [5.74, 6) is -2.07. The van der Waals surface area contributed by atoms with Gasteiger partial charge in [-0.2, -0.15) is 0 Å². The summed E-state index contributed by atoms with van der Waals surface area (Å²) < 4.78 is 8.75. The van der Waals surface area contributed by atoms with E-state index < -0.39 is 15.6 Å². The molecule has 0 spiro atoms. The highest BCUT2D eigenvalue weighted by molar-refractivity contribution is 6.68. The monoisotopic (exact) mass is 363 g/mol. The lowest BCUT2D eigenvalue weighted by atomic mass is 10.3. The molecule has 9 heteroatoms. The number of halogens is 5. The summed E-state index contributed by atoms with van der Waals surface area (Å²) in [6.45, 7) is 1.23. The highest BCUT2D eigenvalue weighted by Crippen LogP contribution is 2.50. The molecule has 2 rings (SSSR count). The molecule has 0 aliphatic carbocycles. The van der Waals surface area contributed by atoms with Crippen LogP contribution in [0.5, 0.6) is 11.5 Å². The molecule has 104 valence electrons. The van der Waals surface area contributed by atoms with Crippen LogP contribution < -0.4 is 14.8 Å². The summed E-state index contributed by atoms with van der Waals surface area (Å²) in [7, 11) is 0. The van der Waals surface area contributed by atoms with Crippen molar-refractivity contribution in [3.63, 3.8) is 0 Å². The van der Waals surface area contributed by atoms with Crippen molar-refractivity contribution in [3.8, 4) is 11.5 Å². The Morgan fingerprint density at radius 3 is 1.89 bits per heavy atom. The summed E-state index contributed by atoms with van der Waals surface area (Å²) >= 11 is 29.1. The largest absolute Gasteiger partial charge is 0.428 e. The molecule has 1 aliphatic heterocycles. The maximum absolute atomic E-state index is 11.2. The first-order valence-corrected chi connectivity index (χ1v) is 6.76. The molecule has 4 nitrogen and oxygen atoms in total. The highest BCUT2D eigenvalue weighted by Gasteiger charge is 2.59. The summed E-state index contributed by atoms with van der Waals surface area (Å²) in [5, 5.41) is 2.80. The molecule has 1 heterocycles. The number of alkyl halides is 3. The smallest absolute Gasteiger partial charge is 0.388 e. The Morgan fingerprint density at radius 1 is 1.16 bits per heavy atom. The fraction of sp³-hybridized carbons (Fsp3) is 0.300. The SMILES string of the molecule is CC(=O)NC1(C(Cl)(Cl)Cl)Oc2cc(Cl)c(Cl)cc2O1. The van der Waals surface area contributed by atoms with Gasteiger partial charge in [0.1, 0.15) is 0 Å². The maximum Gasteiger partial charge on any atom is 0.388 e. The van der Waals surface area contributed by atoms with Crippen LogP contribution in [0.2, 0.25) is 10.0 Å². The van der Waals surface area contributed by atoms with Gasteiger partial charge in [0.05, 0.1) is 10.0 Å². The third kappa shape index (κ3) is 2.78. The van der Waals surface area contributed by atoms with Crippen LogP contribution in [-0.2, 0) is 4.79 Å². The van der Waals surface area contributed by atoms with Crippen molar-refractivity contribution in [1.29, 1.82) is 0 Å². The molecule has 1 aromatic rings. The first-order valence-electron chi connectivity index (χ1n) is 4.87. The van der Waals surface area contributed by atoms with E-state index in [1.807, 2.05) is 0 Å². The molecule has 0 fully saturated rings. The van der Waals surface area contributed by atoms with Gasteiger partial charge in [0.15, 0.2) is 11.5 Å². The number of ether oxygens (including phenoxy) is 2. The van der Waals surface area contributed by atoms with E-state index in [0.29, 0.717) is 0 Å². The molecule has 19 heavy (non-hydrogen) atoms. The zero-order chi connectivity index (χ0) is 14.4. The van der Waals surface area contributed by atoms with Crippen LogP contribution in [0.1, 0.15) is 6.92 Å². The minimum Gasteiger partial charge on any atom is -0.428 e. The van der Waals surface area contributed by atoms with Gasteiger partial charge in [-0.15, -0.1) is 0 Å². The van der Waals surface area contributed by atoms with Crippen LogP contribution in [0.4, 0.5) is 0 Å². The lowest BCUT2D eigenvalue weighted by Crippen LogP contribution is -2.63. The molecule has 0 saturated carbocycles. The number of rotatable bonds is 1. The summed E-state index contributed by atoms with van der Waals surface area (Å²) in [6.07, 6.45) is 0. The van der Waals surface area contributed by atoms with Gasteiger partial charge >= 0.3 is 5.91 Å². The van der Waals surface area contributed by atoms with Crippen molar-refractivity contribution in [2.75, 3.05) is 0 Å². The van der Waals surface area contributed by atoms with Crippen molar-refractivity contribution >= 4 is 63.9 Å². The molecule has 0 bridgehead atoms. The van der Waals surface area contributed by atoms with E-state index in [1.165, 1.54) is 19.1 Å². The number of hydrogen-bond acceptors (Lipinski definition) is 3. The second-order valence-electron chi connectivity index (χ2n) is 3.71. The predicted molar refractivity (Wildman–Crippen MR) is 74.6 cm³/mol. The fourth-order valence-corrected chi connectivity index (χ4v) is 2.15. The zero-order valence-corrected chi connectivity index (χ0v) is 13.0. The lowest BCUT2D eigenvalue weighted by molar-refractivity contribution is -0.142. The van der Waals surface area contributed by atoms with Gasteiger partial charge in [0.25, 0.3) is 3.79 Å². The Kier molecular flexibility index (Phi) is 3.93. The number of hydrogen-bond donors (Lipinski definition) is 1. The topological polar surface area (TPSA) is 47.6 Å². The molecule has 1 aromatic carbocycles. The van der Waals surface area contributed by atoms with E-state index in [0.717, 1.165) is 0 Å². The second-order valence-corrected chi connectivity index (χ2v) is 6.81. The molecule has 0 unspecified atom stereocenters. The van der Waals surface area contributed by atoms with Crippen LogP contribution >= 0.6 is 58.0 Å². The van der Waals surface area contributed by atoms with Gasteiger partial charge in [-0.3, -0.25) is 10.1 Å². The van der Waals surface area contributed by atoms with Crippen LogP contribution in [0, 0.1) is 0 Å². The lowest BCUT2D eigenvalue weighted by Gasteiger charge is -2.33. The molecule has 0 radical (unpaired) electrons. The maximum atomic E-state index is 11.2. The molecule has 1 amide bonds. The minimum atomic E-state index is -2.07. The van der Waals surface area contributed by atoms with E-state index in [9.17, 15) is 4.79 Å². The van der Waals surface area contributed by atoms with E-state index in [4.69, 9.17) is 67.5 Å². The van der Waals surface area contributed by atoms with Crippen molar-refractivity contribution < 1.29 is 14.3 Å². The summed E-state index contributed by atoms with van der Waals surface area (Å²) in [4.78, 5) is 11.2. The quantitative estimate of drug-likeness (QED) is 0.767. The van der Waals surface area contributed by atoms with Crippen molar-refractivity contribution in [1.82, 2.24) is 5.32 Å². The fourth-order valence-electron chi connectivity index (χ4n) is 1.47. The average molecular weight is 365 g/mol. The number of amides is 1. The first-order chi connectivity index (χ1) is 8.64. The third-order valence-corrected chi connectivity index (χ3v) is 3.68. The van der Waals surface area contributed by atoms with Gasteiger partial charge in [0, 0.05) is 19.1 Å². The van der Waals surface area contributed by atoms with Crippen LogP contribution in [0.25, 0.3) is 0 Å². The Hall–Kier alpha value is -0.260. The predicted octanol–water partition coefficient (Wildman–Crippen LogP) is 3.92. The third-order valence-electron chi connectivity index (χ3n) is 2.21. The number of nitrogens with one attached hydrogen (secondary N) is 1. The number of benzene rings is 1. The highest BCUT2D eigenvalue weighted by atomic mass is 35.6. The molecule has 1 N–H and O–H groups in total. The number of carbonyl (C=O) groups excluding carboxylic acids is 1. The zero-order valence-electron chi connectivity index (χ0n) is 9.27. The first kappa shape index (κ1) is 15.1. The minimum absolute atomic E-state index is 0.203. The van der Waals surface area contributed by atoms with Gasteiger partial charge < -0.3 is 9.47 Å². The Morgan fingerprint density at radius 2 is 1.58 bits per heavy atom. The van der Waals surface area contributed by atoms with Crippen LogP contribution in [-0.4, -0.2) is 15.6 Å². The van der Waals surface area contributed by atoms with E-state index in [2.05, 4.69) is 5.32 Å². The molecule has 0 saturated heterocycles. The van der Waals surface area contributed by atoms with Crippen molar-refractivity contribution in [2.24, 2.45) is 0 Å². The molecule has 1 aliphatic rings. The van der Waals surface area contributed by atoms with Gasteiger partial charge in [-0.1, -0.05) is 58.0 Å². The van der Waals surface area contributed by atoms with Crippen molar-refractivity contribution in [2.45, 2.75) is 16.6 Å². The molecular weight excluding hydrogens is 359 g/mol.